The number of rotatable bonds is 7. The van der Waals surface area contributed by atoms with Gasteiger partial charge in [0.15, 0.2) is 0 Å². The average molecular weight is 267 g/mol. The van der Waals surface area contributed by atoms with Crippen molar-refractivity contribution in [3.8, 4) is 0 Å². The Bertz CT molecular complexity index is 462. The third-order valence-corrected chi connectivity index (χ3v) is 2.41. The van der Waals surface area contributed by atoms with Crippen LogP contribution in [0, 0.1) is 10.1 Å². The van der Waals surface area contributed by atoms with Crippen molar-refractivity contribution in [2.24, 2.45) is 0 Å². The molecular weight excluding hydrogens is 250 g/mol. The largest absolute Gasteiger partial charge is 0.385 e. The van der Waals surface area contributed by atoms with Crippen LogP contribution in [0.2, 0.25) is 0 Å². The van der Waals surface area contributed by atoms with Gasteiger partial charge in [0, 0.05) is 32.0 Å². The number of carbonyl (C=O) groups is 1. The van der Waals surface area contributed by atoms with Crippen LogP contribution in [-0.2, 0) is 4.74 Å². The van der Waals surface area contributed by atoms with Gasteiger partial charge >= 0.3 is 0 Å². The van der Waals surface area contributed by atoms with E-state index in [2.05, 4.69) is 10.6 Å². The quantitative estimate of drug-likeness (QED) is 0.442. The molecule has 0 aliphatic rings. The van der Waals surface area contributed by atoms with E-state index >= 15 is 0 Å². The van der Waals surface area contributed by atoms with Crippen molar-refractivity contribution in [1.29, 1.82) is 0 Å². The first-order valence-corrected chi connectivity index (χ1v) is 5.89. The van der Waals surface area contributed by atoms with Gasteiger partial charge in [0.1, 0.15) is 5.56 Å². The van der Waals surface area contributed by atoms with Crippen molar-refractivity contribution < 1.29 is 14.5 Å². The molecule has 0 bridgehead atoms. The maximum atomic E-state index is 11.9. The average Bonchev–Trinajstić information content (AvgIpc) is 2.39. The minimum absolute atomic E-state index is 0.0413. The van der Waals surface area contributed by atoms with Crippen LogP contribution in [0.1, 0.15) is 17.3 Å². The lowest BCUT2D eigenvalue weighted by molar-refractivity contribution is -0.385. The second kappa shape index (κ2) is 7.32. The molecule has 2 N–H and O–H groups in total. The van der Waals surface area contributed by atoms with Crippen molar-refractivity contribution in [2.45, 2.75) is 6.92 Å². The summed E-state index contributed by atoms with van der Waals surface area (Å²) in [6, 6.07) is 4.38. The van der Waals surface area contributed by atoms with Gasteiger partial charge in [-0.3, -0.25) is 14.9 Å². The molecule has 1 aromatic carbocycles. The maximum absolute atomic E-state index is 11.9. The van der Waals surface area contributed by atoms with E-state index in [9.17, 15) is 14.9 Å². The van der Waals surface area contributed by atoms with Gasteiger partial charge in [-0.15, -0.1) is 0 Å². The molecule has 0 spiro atoms. The minimum Gasteiger partial charge on any atom is -0.385 e. The Labute approximate surface area is 111 Å². The Morgan fingerprint density at radius 1 is 1.47 bits per heavy atom. The number of carbonyl (C=O) groups excluding carboxylic acids is 1. The van der Waals surface area contributed by atoms with Crippen LogP contribution in [0.25, 0.3) is 0 Å². The smallest absolute Gasteiger partial charge is 0.282 e. The molecule has 0 radical (unpaired) electrons. The second-order valence-electron chi connectivity index (χ2n) is 3.77. The Balaban J connectivity index is 2.96. The van der Waals surface area contributed by atoms with Crippen LogP contribution < -0.4 is 10.6 Å². The SMILES string of the molecule is CCNc1ccc([N+](=O)[O-])c(C(=O)NCCOC)c1. The molecule has 1 rings (SSSR count). The third kappa shape index (κ3) is 4.22. The zero-order valence-corrected chi connectivity index (χ0v) is 10.9. The van der Waals surface area contributed by atoms with Gasteiger partial charge in [-0.1, -0.05) is 0 Å². The van der Waals surface area contributed by atoms with Gasteiger partial charge in [0.2, 0.25) is 0 Å². The molecule has 7 nitrogen and oxygen atoms in total. The highest BCUT2D eigenvalue weighted by Gasteiger charge is 2.20. The molecule has 19 heavy (non-hydrogen) atoms. The number of nitrogens with zero attached hydrogens (tertiary/aromatic N) is 1. The van der Waals surface area contributed by atoms with Crippen LogP contribution in [0.3, 0.4) is 0 Å². The van der Waals surface area contributed by atoms with Gasteiger partial charge < -0.3 is 15.4 Å². The van der Waals surface area contributed by atoms with Crippen molar-refractivity contribution >= 4 is 17.3 Å². The van der Waals surface area contributed by atoms with Crippen LogP contribution >= 0.6 is 0 Å². The first-order valence-electron chi connectivity index (χ1n) is 5.89. The van der Waals surface area contributed by atoms with Gasteiger partial charge in [-0.25, -0.2) is 0 Å². The molecule has 0 fully saturated rings. The van der Waals surface area contributed by atoms with Crippen LogP contribution in [-0.4, -0.2) is 37.6 Å². The Morgan fingerprint density at radius 2 is 2.21 bits per heavy atom. The van der Waals surface area contributed by atoms with E-state index in [1.807, 2.05) is 6.92 Å². The summed E-state index contributed by atoms with van der Waals surface area (Å²) in [5.74, 6) is -0.483. The lowest BCUT2D eigenvalue weighted by atomic mass is 10.1. The number of anilines is 1. The second-order valence-corrected chi connectivity index (χ2v) is 3.77. The first-order chi connectivity index (χ1) is 9.10. The Kier molecular flexibility index (Phi) is 5.74. The highest BCUT2D eigenvalue weighted by atomic mass is 16.6. The van der Waals surface area contributed by atoms with E-state index in [0.717, 1.165) is 0 Å². The summed E-state index contributed by atoms with van der Waals surface area (Å²) in [4.78, 5) is 22.2. The summed E-state index contributed by atoms with van der Waals surface area (Å²) in [6.07, 6.45) is 0. The molecule has 0 aromatic heterocycles. The van der Waals surface area contributed by atoms with Crippen molar-refractivity contribution in [3.05, 3.63) is 33.9 Å². The number of ether oxygens (including phenoxy) is 1. The zero-order valence-electron chi connectivity index (χ0n) is 10.9. The molecule has 0 atom stereocenters. The lowest BCUT2D eigenvalue weighted by Crippen LogP contribution is -2.27. The topological polar surface area (TPSA) is 93.5 Å². The predicted octanol–water partition coefficient (Wildman–Crippen LogP) is 1.40. The summed E-state index contributed by atoms with van der Waals surface area (Å²) in [7, 11) is 1.51. The van der Waals surface area contributed by atoms with Crippen molar-refractivity contribution in [2.75, 3.05) is 32.1 Å². The first kappa shape index (κ1) is 14.9. The highest BCUT2D eigenvalue weighted by Crippen LogP contribution is 2.22. The van der Waals surface area contributed by atoms with Gasteiger partial charge in [0.05, 0.1) is 11.5 Å². The van der Waals surface area contributed by atoms with E-state index in [4.69, 9.17) is 4.74 Å². The van der Waals surface area contributed by atoms with E-state index in [0.29, 0.717) is 25.4 Å². The molecule has 0 saturated carbocycles. The molecule has 0 aliphatic heterocycles. The van der Waals surface area contributed by atoms with Gasteiger partial charge in [-0.2, -0.15) is 0 Å². The lowest BCUT2D eigenvalue weighted by Gasteiger charge is -2.08. The number of nitrogens with one attached hydrogen (secondary N) is 2. The summed E-state index contributed by atoms with van der Waals surface area (Å²) in [6.45, 7) is 3.23. The van der Waals surface area contributed by atoms with E-state index in [-0.39, 0.29) is 11.3 Å². The van der Waals surface area contributed by atoms with E-state index < -0.39 is 10.8 Å². The number of hydrogen-bond donors (Lipinski definition) is 2. The normalized spacial score (nSPS) is 10.0. The number of hydrogen-bond acceptors (Lipinski definition) is 5. The summed E-state index contributed by atoms with van der Waals surface area (Å²) < 4.78 is 4.81. The summed E-state index contributed by atoms with van der Waals surface area (Å²) in [5.41, 5.74) is 0.501. The monoisotopic (exact) mass is 267 g/mol. The fourth-order valence-electron chi connectivity index (χ4n) is 1.55. The molecule has 0 heterocycles. The Morgan fingerprint density at radius 3 is 2.79 bits per heavy atom. The number of nitro groups is 1. The highest BCUT2D eigenvalue weighted by molar-refractivity contribution is 5.99. The van der Waals surface area contributed by atoms with Crippen molar-refractivity contribution in [3.63, 3.8) is 0 Å². The van der Waals surface area contributed by atoms with E-state index in [1.165, 1.54) is 19.2 Å². The molecule has 0 unspecified atom stereocenters. The van der Waals surface area contributed by atoms with Crippen LogP contribution in [0.5, 0.6) is 0 Å². The molecule has 104 valence electrons. The fourth-order valence-corrected chi connectivity index (χ4v) is 1.55. The molecule has 1 amide bonds. The van der Waals surface area contributed by atoms with Crippen molar-refractivity contribution in [1.82, 2.24) is 5.32 Å². The Hall–Kier alpha value is -2.15. The molecular formula is C12H17N3O4. The standard InChI is InChI=1S/C12H17N3O4/c1-3-13-9-4-5-11(15(17)18)10(8-9)12(16)14-6-7-19-2/h4-5,8,13H,3,6-7H2,1-2H3,(H,14,16). The fraction of sp³-hybridized carbons (Fsp3) is 0.417. The van der Waals surface area contributed by atoms with Gasteiger partial charge in [-0.05, 0) is 19.1 Å². The molecule has 0 aliphatic carbocycles. The predicted molar refractivity (Wildman–Crippen MR) is 71.5 cm³/mol. The van der Waals surface area contributed by atoms with E-state index in [1.54, 1.807) is 6.07 Å². The van der Waals surface area contributed by atoms with Crippen LogP contribution in [0.4, 0.5) is 11.4 Å². The molecule has 0 saturated heterocycles. The van der Waals surface area contributed by atoms with Gasteiger partial charge in [0.25, 0.3) is 11.6 Å². The number of nitro benzene ring substituents is 1. The third-order valence-electron chi connectivity index (χ3n) is 2.41. The molecule has 1 aromatic rings. The zero-order chi connectivity index (χ0) is 14.3. The van der Waals surface area contributed by atoms with Crippen LogP contribution in [0.15, 0.2) is 18.2 Å². The number of benzene rings is 1. The molecule has 7 heteroatoms. The maximum Gasteiger partial charge on any atom is 0.282 e. The summed E-state index contributed by atoms with van der Waals surface area (Å²) in [5, 5.41) is 16.5. The number of amides is 1. The summed E-state index contributed by atoms with van der Waals surface area (Å²) >= 11 is 0. The minimum atomic E-state index is -0.568. The number of methoxy groups -OCH3 is 1.